The fourth-order valence-electron chi connectivity index (χ4n) is 2.02. The SMILES string of the molecule is OC1CCCN(c2cc(CC(F)(F)F)ncn2)C1. The molecule has 0 spiro atoms. The second kappa shape index (κ2) is 5.09. The average Bonchev–Trinajstić information content (AvgIpc) is 2.27. The summed E-state index contributed by atoms with van der Waals surface area (Å²) < 4.78 is 36.8. The molecule has 18 heavy (non-hydrogen) atoms. The van der Waals surface area contributed by atoms with Gasteiger partial charge in [0.2, 0.25) is 0 Å². The van der Waals surface area contributed by atoms with Gasteiger partial charge in [-0.05, 0) is 12.8 Å². The molecule has 1 aromatic heterocycles. The highest BCUT2D eigenvalue weighted by Crippen LogP contribution is 2.23. The molecule has 0 radical (unpaired) electrons. The van der Waals surface area contributed by atoms with Crippen molar-refractivity contribution in [2.45, 2.75) is 31.5 Å². The molecule has 0 aliphatic carbocycles. The minimum absolute atomic E-state index is 0.0486. The Hall–Kier alpha value is -1.37. The number of piperidine rings is 1. The molecule has 100 valence electrons. The van der Waals surface area contributed by atoms with Gasteiger partial charge in [0.25, 0.3) is 0 Å². The van der Waals surface area contributed by atoms with Crippen molar-refractivity contribution in [3.8, 4) is 0 Å². The van der Waals surface area contributed by atoms with Crippen molar-refractivity contribution in [1.82, 2.24) is 9.97 Å². The van der Waals surface area contributed by atoms with Crippen molar-refractivity contribution in [1.29, 1.82) is 0 Å². The summed E-state index contributed by atoms with van der Waals surface area (Å²) in [6.45, 7) is 1.10. The number of anilines is 1. The van der Waals surface area contributed by atoms with Crippen LogP contribution in [0.3, 0.4) is 0 Å². The second-order valence-electron chi connectivity index (χ2n) is 4.40. The van der Waals surface area contributed by atoms with Crippen molar-refractivity contribution in [3.05, 3.63) is 18.1 Å². The molecular weight excluding hydrogens is 247 g/mol. The topological polar surface area (TPSA) is 49.2 Å². The van der Waals surface area contributed by atoms with E-state index in [1.807, 2.05) is 0 Å². The second-order valence-corrected chi connectivity index (χ2v) is 4.40. The number of hydrogen-bond acceptors (Lipinski definition) is 4. The van der Waals surface area contributed by atoms with Crippen LogP contribution in [-0.2, 0) is 6.42 Å². The molecule has 1 N–H and O–H groups in total. The number of halogens is 3. The maximum absolute atomic E-state index is 12.3. The molecule has 0 amide bonds. The van der Waals surface area contributed by atoms with Gasteiger partial charge in [0.1, 0.15) is 12.1 Å². The molecule has 4 nitrogen and oxygen atoms in total. The van der Waals surface area contributed by atoms with E-state index in [9.17, 15) is 18.3 Å². The molecule has 2 rings (SSSR count). The van der Waals surface area contributed by atoms with Crippen LogP contribution in [0.15, 0.2) is 12.4 Å². The van der Waals surface area contributed by atoms with Gasteiger partial charge in [0.15, 0.2) is 0 Å². The van der Waals surface area contributed by atoms with Gasteiger partial charge in [0, 0.05) is 19.2 Å². The van der Waals surface area contributed by atoms with Gasteiger partial charge in [0.05, 0.1) is 18.2 Å². The highest BCUT2D eigenvalue weighted by atomic mass is 19.4. The molecule has 0 saturated carbocycles. The number of aliphatic hydroxyl groups is 1. The number of hydrogen-bond donors (Lipinski definition) is 1. The molecule has 0 aromatic carbocycles. The number of alkyl halides is 3. The summed E-state index contributed by atoms with van der Waals surface area (Å²) in [6, 6.07) is 1.34. The van der Waals surface area contributed by atoms with Crippen LogP contribution >= 0.6 is 0 Å². The lowest BCUT2D eigenvalue weighted by molar-refractivity contribution is -0.127. The highest BCUT2D eigenvalue weighted by molar-refractivity contribution is 5.39. The molecule has 7 heteroatoms. The minimum Gasteiger partial charge on any atom is -0.391 e. The van der Waals surface area contributed by atoms with E-state index in [4.69, 9.17) is 0 Å². The van der Waals surface area contributed by atoms with E-state index in [2.05, 4.69) is 9.97 Å². The minimum atomic E-state index is -4.27. The summed E-state index contributed by atoms with van der Waals surface area (Å²) in [5.41, 5.74) is -0.0486. The predicted octanol–water partition coefficient (Wildman–Crippen LogP) is 1.54. The normalized spacial score (nSPS) is 21.1. The monoisotopic (exact) mass is 261 g/mol. The fraction of sp³-hybridized carbons (Fsp3) is 0.636. The van der Waals surface area contributed by atoms with Crippen molar-refractivity contribution in [2.75, 3.05) is 18.0 Å². The van der Waals surface area contributed by atoms with E-state index in [0.29, 0.717) is 18.9 Å². The Morgan fingerprint density at radius 2 is 2.17 bits per heavy atom. The molecule has 1 aromatic rings. The first-order chi connectivity index (χ1) is 8.44. The molecule has 1 aliphatic heterocycles. The van der Waals surface area contributed by atoms with Gasteiger partial charge < -0.3 is 10.0 Å². The Labute approximate surface area is 102 Å². The van der Waals surface area contributed by atoms with Gasteiger partial charge >= 0.3 is 6.18 Å². The molecule has 1 aliphatic rings. The maximum atomic E-state index is 12.3. The highest BCUT2D eigenvalue weighted by Gasteiger charge is 2.29. The van der Waals surface area contributed by atoms with Crippen molar-refractivity contribution < 1.29 is 18.3 Å². The summed E-state index contributed by atoms with van der Waals surface area (Å²) in [6.07, 6.45) is -3.11. The average molecular weight is 261 g/mol. The van der Waals surface area contributed by atoms with E-state index in [1.54, 1.807) is 4.90 Å². The summed E-state index contributed by atoms with van der Waals surface area (Å²) in [5, 5.41) is 9.53. The van der Waals surface area contributed by atoms with E-state index in [-0.39, 0.29) is 5.69 Å². The Balaban J connectivity index is 2.11. The van der Waals surface area contributed by atoms with Crippen LogP contribution in [-0.4, -0.2) is 40.4 Å². The maximum Gasteiger partial charge on any atom is 0.394 e. The predicted molar refractivity (Wildman–Crippen MR) is 59.2 cm³/mol. The molecule has 1 saturated heterocycles. The van der Waals surface area contributed by atoms with Crippen molar-refractivity contribution in [2.24, 2.45) is 0 Å². The molecule has 1 fully saturated rings. The zero-order valence-electron chi connectivity index (χ0n) is 9.69. The summed E-state index contributed by atoms with van der Waals surface area (Å²) in [5.74, 6) is 0.447. The Kier molecular flexibility index (Phi) is 3.70. The molecule has 0 bridgehead atoms. The number of aromatic nitrogens is 2. The van der Waals surface area contributed by atoms with Crippen LogP contribution in [0.25, 0.3) is 0 Å². The van der Waals surface area contributed by atoms with Gasteiger partial charge in [-0.25, -0.2) is 9.97 Å². The molecular formula is C11H14F3N3O. The largest absolute Gasteiger partial charge is 0.394 e. The number of nitrogens with zero attached hydrogens (tertiary/aromatic N) is 3. The van der Waals surface area contributed by atoms with Gasteiger partial charge in [-0.15, -0.1) is 0 Å². The van der Waals surface area contributed by atoms with Gasteiger partial charge in [-0.3, -0.25) is 0 Å². The summed E-state index contributed by atoms with van der Waals surface area (Å²) >= 11 is 0. The lowest BCUT2D eigenvalue weighted by Crippen LogP contribution is -2.38. The zero-order chi connectivity index (χ0) is 13.2. The third kappa shape index (κ3) is 3.56. The molecule has 1 unspecified atom stereocenters. The van der Waals surface area contributed by atoms with Gasteiger partial charge in [-0.2, -0.15) is 13.2 Å². The number of β-amino-alcohol motifs (C(OH)–C–C–N with tert-alkyl or cyclic N) is 1. The Morgan fingerprint density at radius 1 is 1.39 bits per heavy atom. The van der Waals surface area contributed by atoms with Crippen LogP contribution in [0.4, 0.5) is 19.0 Å². The Morgan fingerprint density at radius 3 is 2.83 bits per heavy atom. The zero-order valence-corrected chi connectivity index (χ0v) is 9.69. The lowest BCUT2D eigenvalue weighted by atomic mass is 10.1. The smallest absolute Gasteiger partial charge is 0.391 e. The first-order valence-corrected chi connectivity index (χ1v) is 5.75. The number of rotatable bonds is 2. The van der Waals surface area contributed by atoms with Crippen LogP contribution in [0.5, 0.6) is 0 Å². The van der Waals surface area contributed by atoms with E-state index in [0.717, 1.165) is 19.2 Å². The summed E-state index contributed by atoms with van der Waals surface area (Å²) in [7, 11) is 0. The van der Waals surface area contributed by atoms with Crippen LogP contribution < -0.4 is 4.90 Å². The lowest BCUT2D eigenvalue weighted by Gasteiger charge is -2.31. The van der Waals surface area contributed by atoms with Crippen LogP contribution in [0, 0.1) is 0 Å². The third-order valence-electron chi connectivity index (χ3n) is 2.81. The third-order valence-corrected chi connectivity index (χ3v) is 2.81. The molecule has 1 atom stereocenters. The van der Waals surface area contributed by atoms with Crippen LogP contribution in [0.1, 0.15) is 18.5 Å². The first-order valence-electron chi connectivity index (χ1n) is 5.75. The van der Waals surface area contributed by atoms with E-state index < -0.39 is 18.7 Å². The first kappa shape index (κ1) is 13.1. The summed E-state index contributed by atoms with van der Waals surface area (Å²) in [4.78, 5) is 9.37. The van der Waals surface area contributed by atoms with Crippen molar-refractivity contribution in [3.63, 3.8) is 0 Å². The fourth-order valence-corrected chi connectivity index (χ4v) is 2.02. The Bertz CT molecular complexity index is 411. The number of aliphatic hydroxyl groups excluding tert-OH is 1. The molecule has 2 heterocycles. The van der Waals surface area contributed by atoms with Crippen molar-refractivity contribution >= 4 is 5.82 Å². The van der Waals surface area contributed by atoms with E-state index >= 15 is 0 Å². The standard InChI is InChI=1S/C11H14F3N3O/c12-11(13,14)5-8-4-10(16-7-15-8)17-3-1-2-9(18)6-17/h4,7,9,18H,1-3,5-6H2. The quantitative estimate of drug-likeness (QED) is 0.877. The van der Waals surface area contributed by atoms with Crippen LogP contribution in [0.2, 0.25) is 0 Å². The van der Waals surface area contributed by atoms with Gasteiger partial charge in [-0.1, -0.05) is 0 Å². The van der Waals surface area contributed by atoms with E-state index in [1.165, 1.54) is 6.07 Å².